The van der Waals surface area contributed by atoms with Gasteiger partial charge in [-0.3, -0.25) is 24.2 Å². The number of aliphatic hydroxyl groups excluding tert-OH is 1. The van der Waals surface area contributed by atoms with Gasteiger partial charge in [0.1, 0.15) is 41.8 Å². The minimum atomic E-state index is -1.32. The Kier molecular flexibility index (Phi) is 35.9. The number of rotatable bonds is 23. The Bertz CT molecular complexity index is 6750. The molecule has 4 unspecified atom stereocenters. The molecule has 4 aromatic heterocycles. The Hall–Kier alpha value is -12.1. The van der Waals surface area contributed by atoms with Gasteiger partial charge in [-0.15, -0.1) is 17.2 Å². The summed E-state index contributed by atoms with van der Waals surface area (Å²) in [5, 5.41) is 18.8. The molecule has 0 bridgehead atoms. The van der Waals surface area contributed by atoms with Gasteiger partial charge in [0.25, 0.3) is 17.7 Å². The fourth-order valence-corrected chi connectivity index (χ4v) is 22.9. The standard InChI is InChI=1S/2C31H34N4O4S.C28H30BrN3O5S.C24H28N2O3S/c2*1-31(2,3)40(37)35-18-24-16-26(30(36)32-17-22-11-12-27-28(15-22)39-20-38-27)33-29(25(24)19-35)23-10-6-8-21(14-23)9-7-13-34(4)5;1-28(2,3)38(35)32-15-19-13-21(27(34)30-14-17-7-8-23-24(11-17)37-16-36-23)31-26(25(19)22(32)9-10-33)18-5-4-6-20(29)12-18;1-6-8-10-17-11-9-12-18(13-17)22-20-16-26(30(28)24(3,4)5)15-19(20)14-21(25-22)23(27)29-7-2/h2*6,8,10-12,14-16H,13,17-20H2,1-5H3,(H,32,36);4-8,11-13,22,33H,9-10,14-16H2,1-3H3,(H,30,34);9,11-14H,6-7,15-16H2,1-5H3/t;;22-,38?;/m..1./s1. The summed E-state index contributed by atoms with van der Waals surface area (Å²) in [7, 11) is 7.92. The first kappa shape index (κ1) is 110. The largest absolute Gasteiger partial charge is 0.597 e. The van der Waals surface area contributed by atoms with Gasteiger partial charge in [0.15, 0.2) is 34.5 Å². The molecule has 7 aromatic carbocycles. The van der Waals surface area contributed by atoms with Gasteiger partial charge in [0.05, 0.1) is 94.3 Å². The van der Waals surface area contributed by atoms with Crippen LogP contribution in [0.4, 0.5) is 0 Å². The van der Waals surface area contributed by atoms with Crippen LogP contribution in [-0.2, 0) is 116 Å². The van der Waals surface area contributed by atoms with Gasteiger partial charge in [0.2, 0.25) is 20.4 Å². The lowest BCUT2D eigenvalue weighted by Crippen LogP contribution is -2.42. The predicted octanol–water partition coefficient (Wildman–Crippen LogP) is 17.5. The molecule has 3 amide bonds. The number of esters is 1. The smallest absolute Gasteiger partial charge is 0.356 e. The van der Waals surface area contributed by atoms with E-state index in [4.69, 9.17) is 48.1 Å². The van der Waals surface area contributed by atoms with E-state index in [1.807, 2.05) is 309 Å². The quantitative estimate of drug-likeness (QED) is 0.0262. The van der Waals surface area contributed by atoms with Gasteiger partial charge in [0, 0.05) is 144 Å². The van der Waals surface area contributed by atoms with Gasteiger partial charge >= 0.3 is 5.97 Å². The molecular formula is C114H126BrN13O16S4. The fraction of sp³-hybridized carbons (Fsp3) is 0.368. The molecule has 0 saturated heterocycles. The van der Waals surface area contributed by atoms with Gasteiger partial charge in [-0.05, 0) is 273 Å². The lowest BCUT2D eigenvalue weighted by molar-refractivity contribution is 0.0518. The highest BCUT2D eigenvalue weighted by molar-refractivity contribution is 9.10. The number of fused-ring (bicyclic) bond motifs is 7. The van der Waals surface area contributed by atoms with Crippen molar-refractivity contribution in [2.75, 3.05) is 74.9 Å². The van der Waals surface area contributed by atoms with Crippen LogP contribution in [0.5, 0.6) is 34.5 Å². The minimum Gasteiger partial charge on any atom is -0.597 e. The number of halogens is 1. The third-order valence-corrected chi connectivity index (χ3v) is 32.0. The zero-order valence-electron chi connectivity index (χ0n) is 86.8. The van der Waals surface area contributed by atoms with Crippen molar-refractivity contribution in [1.82, 2.24) is 62.9 Å². The van der Waals surface area contributed by atoms with Crippen LogP contribution >= 0.6 is 15.9 Å². The average Bonchev–Trinajstić information content (AvgIpc) is 1.62. The zero-order chi connectivity index (χ0) is 106. The summed E-state index contributed by atoms with van der Waals surface area (Å²) in [5.74, 6) is 21.8. The number of amides is 3. The summed E-state index contributed by atoms with van der Waals surface area (Å²) < 4.78 is 97.7. The molecular weight excluding hydrogens is 2020 g/mol. The van der Waals surface area contributed by atoms with Gasteiger partial charge in [-0.1, -0.05) is 125 Å². The van der Waals surface area contributed by atoms with Crippen LogP contribution in [0.3, 0.4) is 0 Å². The van der Waals surface area contributed by atoms with Crippen LogP contribution in [0, 0.1) is 35.5 Å². The Labute approximate surface area is 888 Å². The highest BCUT2D eigenvalue weighted by Crippen LogP contribution is 2.48. The molecule has 148 heavy (non-hydrogen) atoms. The van der Waals surface area contributed by atoms with Gasteiger partial charge < -0.3 is 72.4 Å². The SMILES string of the molecule is CC(C)(C)[S+]([O-])N1Cc2cc(C(=O)NCc3ccc4c(c3)OCO4)nc(-c3cccc(Br)c3)c2[C@H]1CCO.CCC#Cc1cccc(-c2nc(C(=O)OCC)cc3c2CN([S+]([O-])C(C)(C)C)C3)c1.CN(C)CC#Cc1cccc(-c2nc(C(=O)NCc3ccc4c(c3)OCO4)cc3c2CN([S+]([O-])C(C)(C)C)C3)c1.CN(C)CC#Cc1cccc(-c2nc(C(=O)NCc3ccc4c(c3)OCO4)cc3c2CN([S+]([O-])C(C)(C)C)C3)c1. The normalized spacial score (nSPS) is 15.5. The molecule has 29 nitrogen and oxygen atoms in total. The van der Waals surface area contributed by atoms with Crippen molar-refractivity contribution in [2.45, 2.75) is 200 Å². The molecule has 774 valence electrons. The number of nitrogens with zero attached hydrogens (tertiary/aromatic N) is 10. The summed E-state index contributed by atoms with van der Waals surface area (Å²) in [4.78, 5) is 75.7. The van der Waals surface area contributed by atoms with Crippen LogP contribution in [0.1, 0.15) is 236 Å². The maximum atomic E-state index is 13.5. The highest BCUT2D eigenvalue weighted by Gasteiger charge is 2.47. The number of aromatic nitrogens is 4. The number of carbonyl (C=O) groups is 4. The maximum absolute atomic E-state index is 13.5. The molecule has 0 spiro atoms. The molecule has 0 fully saturated rings. The summed E-state index contributed by atoms with van der Waals surface area (Å²) in [6.45, 7) is 33.8. The van der Waals surface area contributed by atoms with E-state index in [0.29, 0.717) is 137 Å². The number of hydrogen-bond acceptors (Lipinski definition) is 26. The second kappa shape index (κ2) is 48.3. The molecule has 4 N–H and O–H groups in total. The van der Waals surface area contributed by atoms with Crippen LogP contribution in [0.2, 0.25) is 0 Å². The van der Waals surface area contributed by atoms with Crippen molar-refractivity contribution in [2.24, 2.45) is 0 Å². The molecule has 7 aliphatic heterocycles. The van der Waals surface area contributed by atoms with Crippen molar-refractivity contribution in [3.8, 4) is 115 Å². The highest BCUT2D eigenvalue weighted by atomic mass is 79.9. The van der Waals surface area contributed by atoms with Gasteiger partial charge in [-0.25, -0.2) is 24.7 Å². The first-order chi connectivity index (χ1) is 70.6. The molecule has 0 saturated carbocycles. The van der Waals surface area contributed by atoms with Crippen molar-refractivity contribution in [1.29, 1.82) is 0 Å². The molecule has 18 rings (SSSR count). The number of nitrogens with one attached hydrogen (secondary N) is 3. The first-order valence-corrected chi connectivity index (χ1v) is 54.2. The van der Waals surface area contributed by atoms with Crippen molar-refractivity contribution < 1.29 is 75.7 Å². The van der Waals surface area contributed by atoms with E-state index in [1.165, 1.54) is 0 Å². The first-order valence-electron chi connectivity index (χ1n) is 49.0. The second-order valence-electron chi connectivity index (χ2n) is 40.7. The van der Waals surface area contributed by atoms with Crippen LogP contribution in [0.25, 0.3) is 45.0 Å². The molecule has 34 heteroatoms. The van der Waals surface area contributed by atoms with Crippen molar-refractivity contribution in [3.05, 3.63) is 281 Å². The maximum Gasteiger partial charge on any atom is 0.356 e. The van der Waals surface area contributed by atoms with Gasteiger partial charge in [-0.2, -0.15) is 0 Å². The molecule has 0 radical (unpaired) electrons. The number of carbonyl (C=O) groups excluding carboxylic acids is 4. The van der Waals surface area contributed by atoms with E-state index in [-0.39, 0.29) is 73.5 Å². The lowest BCUT2D eigenvalue weighted by atomic mass is 9.96. The summed E-state index contributed by atoms with van der Waals surface area (Å²) in [6.07, 6.45) is 1.19. The fourth-order valence-electron chi connectivity index (χ4n) is 17.3. The monoisotopic (exact) mass is 2140 g/mol. The Morgan fingerprint density at radius 2 is 0.757 bits per heavy atom. The molecule has 0 aliphatic carbocycles. The minimum absolute atomic E-state index is 0.0579. The number of pyridine rings is 4. The van der Waals surface area contributed by atoms with Crippen molar-refractivity contribution in [3.63, 3.8) is 0 Å². The molecule has 11 aromatic rings. The average molecular weight is 2140 g/mol. The van der Waals surface area contributed by atoms with E-state index < -0.39 is 65.7 Å². The number of aliphatic hydroxyl groups is 1. The third kappa shape index (κ3) is 27.4. The summed E-state index contributed by atoms with van der Waals surface area (Å²) in [6, 6.07) is 55.1. The lowest BCUT2D eigenvalue weighted by Gasteiger charge is -2.33. The van der Waals surface area contributed by atoms with E-state index in [2.05, 4.69) is 72.4 Å². The van der Waals surface area contributed by atoms with E-state index in [1.54, 1.807) is 19.1 Å². The second-order valence-corrected chi connectivity index (χ2v) is 50.5. The van der Waals surface area contributed by atoms with E-state index in [9.17, 15) is 42.5 Å². The topological polar surface area (TPSA) is 352 Å². The Morgan fingerprint density at radius 1 is 0.419 bits per heavy atom. The third-order valence-electron chi connectivity index (χ3n) is 24.3. The number of hydrogen-bond donors (Lipinski definition) is 4. The van der Waals surface area contributed by atoms with Crippen LogP contribution < -0.4 is 44.4 Å². The molecule has 5 atom stereocenters. The predicted molar refractivity (Wildman–Crippen MR) is 581 cm³/mol. The Balaban J connectivity index is 0.000000149. The number of ether oxygens (including phenoxy) is 7. The summed E-state index contributed by atoms with van der Waals surface area (Å²) in [5.41, 5.74) is 20.5. The van der Waals surface area contributed by atoms with E-state index in [0.717, 1.165) is 128 Å². The zero-order valence-corrected chi connectivity index (χ0v) is 91.7. The van der Waals surface area contributed by atoms with Crippen molar-refractivity contribution >= 4 is 85.1 Å². The molecule has 11 heterocycles. The Morgan fingerprint density at radius 3 is 1.11 bits per heavy atom. The van der Waals surface area contributed by atoms with Crippen LogP contribution in [0.15, 0.2) is 180 Å². The molecule has 7 aliphatic rings. The number of benzene rings is 7. The van der Waals surface area contributed by atoms with Crippen LogP contribution in [-0.4, -0.2) is 188 Å². The summed E-state index contributed by atoms with van der Waals surface area (Å²) >= 11 is -1.36. The van der Waals surface area contributed by atoms with E-state index >= 15 is 0 Å².